The molecule has 0 N–H and O–H groups in total. The van der Waals surface area contributed by atoms with Gasteiger partial charge in [0.2, 0.25) is 0 Å². The molecule has 0 aromatic carbocycles. The van der Waals surface area contributed by atoms with Crippen LogP contribution in [0.2, 0.25) is 0 Å². The van der Waals surface area contributed by atoms with E-state index in [4.69, 9.17) is 0 Å². The van der Waals surface area contributed by atoms with E-state index in [1.807, 2.05) is 6.07 Å². The van der Waals surface area contributed by atoms with Gasteiger partial charge in [-0.25, -0.2) is 0 Å². The summed E-state index contributed by atoms with van der Waals surface area (Å²) in [6, 6.07) is 5.37. The number of nitrogens with zero attached hydrogens (tertiary/aromatic N) is 4. The van der Waals surface area contributed by atoms with Crippen molar-refractivity contribution in [3.05, 3.63) is 29.7 Å². The highest BCUT2D eigenvalue weighted by Gasteiger charge is 2.27. The van der Waals surface area contributed by atoms with E-state index in [2.05, 4.69) is 52.5 Å². The van der Waals surface area contributed by atoms with Gasteiger partial charge in [0, 0.05) is 24.7 Å². The first-order valence-electron chi connectivity index (χ1n) is 7.21. The smallest absolute Gasteiger partial charge is 0.160 e. The lowest BCUT2D eigenvalue weighted by atomic mass is 10.1. The van der Waals surface area contributed by atoms with Gasteiger partial charge >= 0.3 is 0 Å². The highest BCUT2D eigenvalue weighted by atomic mass is 15.3. The van der Waals surface area contributed by atoms with Gasteiger partial charge in [-0.05, 0) is 51.8 Å². The molecule has 1 saturated heterocycles. The zero-order valence-corrected chi connectivity index (χ0v) is 12.0. The summed E-state index contributed by atoms with van der Waals surface area (Å²) in [6.07, 6.45) is 5.72. The molecule has 2 aromatic heterocycles. The Bertz CT molecular complexity index is 573. The van der Waals surface area contributed by atoms with Crippen LogP contribution >= 0.6 is 0 Å². The Kier molecular flexibility index (Phi) is 3.27. The molecule has 0 aliphatic carbocycles. The summed E-state index contributed by atoms with van der Waals surface area (Å²) < 4.78 is 2.14. The van der Waals surface area contributed by atoms with Crippen molar-refractivity contribution < 1.29 is 0 Å². The van der Waals surface area contributed by atoms with E-state index in [1.165, 1.54) is 24.9 Å². The number of aromatic nitrogens is 3. The Balaban J connectivity index is 1.87. The van der Waals surface area contributed by atoms with Crippen LogP contribution < -0.4 is 0 Å². The molecular weight excluding hydrogens is 236 g/mol. The average molecular weight is 258 g/mol. The largest absolute Gasteiger partial charge is 0.298 e. The quantitative estimate of drug-likeness (QED) is 0.848. The van der Waals surface area contributed by atoms with E-state index in [-0.39, 0.29) is 0 Å². The van der Waals surface area contributed by atoms with E-state index in [0.717, 1.165) is 17.9 Å². The standard InChI is InChI=1S/C15H22N4/c1-11(2)18-8-4-5-13(18)9-15-17-16-14-7-6-12(3)10-19(14)15/h6-7,10-11,13H,4-5,8-9H2,1-3H3. The molecule has 0 saturated carbocycles. The van der Waals surface area contributed by atoms with Gasteiger partial charge in [0.1, 0.15) is 5.82 Å². The van der Waals surface area contributed by atoms with Gasteiger partial charge in [-0.1, -0.05) is 6.07 Å². The molecule has 1 aliphatic heterocycles. The van der Waals surface area contributed by atoms with Crippen LogP contribution in [-0.2, 0) is 6.42 Å². The second-order valence-electron chi connectivity index (χ2n) is 5.88. The number of pyridine rings is 1. The fourth-order valence-electron chi connectivity index (χ4n) is 3.15. The first-order chi connectivity index (χ1) is 9.15. The Morgan fingerprint density at radius 3 is 2.95 bits per heavy atom. The summed E-state index contributed by atoms with van der Waals surface area (Å²) in [5.74, 6) is 1.09. The molecule has 1 atom stereocenters. The lowest BCUT2D eigenvalue weighted by molar-refractivity contribution is 0.200. The van der Waals surface area contributed by atoms with Crippen LogP contribution in [-0.4, -0.2) is 38.1 Å². The second kappa shape index (κ2) is 4.93. The highest BCUT2D eigenvalue weighted by molar-refractivity contribution is 5.39. The molecule has 1 aliphatic rings. The summed E-state index contributed by atoms with van der Waals surface area (Å²) in [5.41, 5.74) is 2.20. The second-order valence-corrected chi connectivity index (χ2v) is 5.88. The molecule has 4 nitrogen and oxygen atoms in total. The minimum absolute atomic E-state index is 0.618. The van der Waals surface area contributed by atoms with Crippen molar-refractivity contribution >= 4 is 5.65 Å². The van der Waals surface area contributed by atoms with Crippen molar-refractivity contribution in [3.8, 4) is 0 Å². The van der Waals surface area contributed by atoms with Crippen molar-refractivity contribution in [1.29, 1.82) is 0 Å². The van der Waals surface area contributed by atoms with Gasteiger partial charge in [-0.3, -0.25) is 9.30 Å². The first-order valence-corrected chi connectivity index (χ1v) is 7.21. The van der Waals surface area contributed by atoms with Crippen LogP contribution in [0.25, 0.3) is 5.65 Å². The van der Waals surface area contributed by atoms with Gasteiger partial charge in [0.25, 0.3) is 0 Å². The van der Waals surface area contributed by atoms with Crippen LogP contribution in [0.15, 0.2) is 18.3 Å². The summed E-state index contributed by atoms with van der Waals surface area (Å²) >= 11 is 0. The molecule has 3 heterocycles. The van der Waals surface area contributed by atoms with Crippen LogP contribution in [0.4, 0.5) is 0 Å². The van der Waals surface area contributed by atoms with Gasteiger partial charge in [-0.15, -0.1) is 10.2 Å². The summed E-state index contributed by atoms with van der Waals surface area (Å²) in [5, 5.41) is 8.65. The summed E-state index contributed by atoms with van der Waals surface area (Å²) in [6.45, 7) is 7.89. The average Bonchev–Trinajstić information content (AvgIpc) is 2.97. The van der Waals surface area contributed by atoms with E-state index >= 15 is 0 Å². The highest BCUT2D eigenvalue weighted by Crippen LogP contribution is 2.23. The van der Waals surface area contributed by atoms with Gasteiger partial charge in [-0.2, -0.15) is 0 Å². The Morgan fingerprint density at radius 2 is 2.16 bits per heavy atom. The molecule has 4 heteroatoms. The van der Waals surface area contributed by atoms with E-state index < -0.39 is 0 Å². The van der Waals surface area contributed by atoms with Gasteiger partial charge < -0.3 is 0 Å². The Labute approximate surface area is 114 Å². The van der Waals surface area contributed by atoms with Crippen LogP contribution in [0.5, 0.6) is 0 Å². The summed E-state index contributed by atoms with van der Waals surface area (Å²) in [4.78, 5) is 2.59. The maximum atomic E-state index is 4.38. The fourth-order valence-corrected chi connectivity index (χ4v) is 3.15. The summed E-state index contributed by atoms with van der Waals surface area (Å²) in [7, 11) is 0. The van der Waals surface area contributed by atoms with Gasteiger partial charge in [0.15, 0.2) is 5.65 Å². The maximum Gasteiger partial charge on any atom is 0.160 e. The molecule has 0 spiro atoms. The molecule has 0 radical (unpaired) electrons. The SMILES string of the molecule is Cc1ccc2nnc(CC3CCCN3C(C)C)n2c1. The van der Waals surface area contributed by atoms with E-state index in [1.54, 1.807) is 0 Å². The molecule has 1 unspecified atom stereocenters. The van der Waals surface area contributed by atoms with Crippen molar-refractivity contribution in [3.63, 3.8) is 0 Å². The van der Waals surface area contributed by atoms with Crippen LogP contribution in [0.3, 0.4) is 0 Å². The number of likely N-dealkylation sites (tertiary alicyclic amines) is 1. The van der Waals surface area contributed by atoms with E-state index in [0.29, 0.717) is 12.1 Å². The van der Waals surface area contributed by atoms with Crippen molar-refractivity contribution in [2.24, 2.45) is 0 Å². The molecule has 0 amide bonds. The third-order valence-electron chi connectivity index (χ3n) is 4.12. The topological polar surface area (TPSA) is 33.4 Å². The number of hydrogen-bond acceptors (Lipinski definition) is 3. The van der Waals surface area contributed by atoms with E-state index in [9.17, 15) is 0 Å². The normalized spacial score (nSPS) is 20.7. The van der Waals surface area contributed by atoms with Crippen molar-refractivity contribution in [1.82, 2.24) is 19.5 Å². The molecule has 2 aromatic rings. The molecule has 3 rings (SSSR count). The Hall–Kier alpha value is -1.42. The minimum atomic E-state index is 0.618. The molecule has 1 fully saturated rings. The van der Waals surface area contributed by atoms with Gasteiger partial charge in [0.05, 0.1) is 0 Å². The first kappa shape index (κ1) is 12.6. The monoisotopic (exact) mass is 258 g/mol. The molecule has 19 heavy (non-hydrogen) atoms. The predicted octanol–water partition coefficient (Wildman–Crippen LogP) is 2.45. The number of hydrogen-bond donors (Lipinski definition) is 0. The minimum Gasteiger partial charge on any atom is -0.298 e. The zero-order valence-electron chi connectivity index (χ0n) is 12.0. The van der Waals surface area contributed by atoms with Crippen LogP contribution in [0, 0.1) is 6.92 Å². The third-order valence-corrected chi connectivity index (χ3v) is 4.12. The molecule has 0 bridgehead atoms. The number of fused-ring (bicyclic) bond motifs is 1. The predicted molar refractivity (Wildman–Crippen MR) is 76.3 cm³/mol. The fraction of sp³-hybridized carbons (Fsp3) is 0.600. The lowest BCUT2D eigenvalue weighted by Gasteiger charge is -2.27. The number of aryl methyl sites for hydroxylation is 1. The van der Waals surface area contributed by atoms with Crippen molar-refractivity contribution in [2.75, 3.05) is 6.54 Å². The van der Waals surface area contributed by atoms with Crippen molar-refractivity contribution in [2.45, 2.75) is 52.1 Å². The number of rotatable bonds is 3. The van der Waals surface area contributed by atoms with Crippen LogP contribution in [0.1, 0.15) is 38.1 Å². The molecule has 102 valence electrons. The zero-order chi connectivity index (χ0) is 13.4. The maximum absolute atomic E-state index is 4.38. The lowest BCUT2D eigenvalue weighted by Crippen LogP contribution is -2.37. The Morgan fingerprint density at radius 1 is 1.32 bits per heavy atom. The third kappa shape index (κ3) is 2.37. The molecular formula is C15H22N4.